The minimum absolute atomic E-state index is 0.573. The molecule has 2 aromatic heterocycles. The summed E-state index contributed by atoms with van der Waals surface area (Å²) < 4.78 is 5.72. The Morgan fingerprint density at radius 2 is 1.76 bits per heavy atom. The van der Waals surface area contributed by atoms with Crippen LogP contribution in [0.2, 0.25) is 0 Å². The van der Waals surface area contributed by atoms with Gasteiger partial charge in [0.2, 0.25) is 0 Å². The van der Waals surface area contributed by atoms with Gasteiger partial charge >= 0.3 is 0 Å². The number of nitrogen functional groups attached to an aromatic ring is 1. The lowest BCUT2D eigenvalue weighted by Gasteiger charge is -2.06. The van der Waals surface area contributed by atoms with Crippen LogP contribution in [0.5, 0.6) is 0 Å². The van der Waals surface area contributed by atoms with Gasteiger partial charge in [0.15, 0.2) is 5.58 Å². The van der Waals surface area contributed by atoms with Gasteiger partial charge in [-0.15, -0.1) is 0 Å². The molecule has 0 aliphatic carbocycles. The second-order valence-corrected chi connectivity index (χ2v) is 5.27. The minimum Gasteiger partial charge on any atom is -0.423 e. The van der Waals surface area contributed by atoms with Gasteiger partial charge in [-0.3, -0.25) is 0 Å². The van der Waals surface area contributed by atoms with Gasteiger partial charge in [-0.1, -0.05) is 18.2 Å². The summed E-state index contributed by atoms with van der Waals surface area (Å²) in [6, 6.07) is 12.3. The standard InChI is InChI=1S/C16H14N4O/c1-20(2)16-19-13-7-10-12(8-14(13)21-16)18-11-6-4-3-5-9(11)15(10)17/h3-8H,1-2H3,(H2,17,18). The minimum atomic E-state index is 0.573. The second-order valence-electron chi connectivity index (χ2n) is 5.27. The molecule has 2 aromatic carbocycles. The lowest BCUT2D eigenvalue weighted by Crippen LogP contribution is -2.08. The highest BCUT2D eigenvalue weighted by molar-refractivity contribution is 6.09. The van der Waals surface area contributed by atoms with Crippen molar-refractivity contribution in [3.8, 4) is 0 Å². The van der Waals surface area contributed by atoms with Gasteiger partial charge < -0.3 is 15.1 Å². The Labute approximate surface area is 121 Å². The van der Waals surface area contributed by atoms with Crippen LogP contribution in [0, 0.1) is 0 Å². The Balaban J connectivity index is 2.13. The Hall–Kier alpha value is -2.82. The van der Waals surface area contributed by atoms with E-state index >= 15 is 0 Å². The van der Waals surface area contributed by atoms with Crippen LogP contribution in [-0.2, 0) is 0 Å². The van der Waals surface area contributed by atoms with Crippen molar-refractivity contribution < 1.29 is 4.42 Å². The molecule has 4 aromatic rings. The van der Waals surface area contributed by atoms with Crippen LogP contribution in [-0.4, -0.2) is 24.1 Å². The molecule has 0 fully saturated rings. The normalized spacial score (nSPS) is 11.5. The van der Waals surface area contributed by atoms with Crippen LogP contribution in [0.1, 0.15) is 0 Å². The molecule has 0 unspecified atom stereocenters. The van der Waals surface area contributed by atoms with Crippen LogP contribution in [0.4, 0.5) is 11.7 Å². The van der Waals surface area contributed by atoms with E-state index in [0.29, 0.717) is 11.6 Å². The first-order valence-electron chi connectivity index (χ1n) is 6.69. The molecule has 0 spiro atoms. The van der Waals surface area contributed by atoms with Gasteiger partial charge in [0.25, 0.3) is 6.01 Å². The van der Waals surface area contributed by atoms with Crippen molar-refractivity contribution in [1.82, 2.24) is 9.97 Å². The molecule has 0 amide bonds. The van der Waals surface area contributed by atoms with Crippen molar-refractivity contribution in [2.45, 2.75) is 0 Å². The number of hydrogen-bond acceptors (Lipinski definition) is 5. The molecule has 21 heavy (non-hydrogen) atoms. The maximum Gasteiger partial charge on any atom is 0.297 e. The van der Waals surface area contributed by atoms with Gasteiger partial charge in [0.1, 0.15) is 5.52 Å². The number of nitrogens with zero attached hydrogens (tertiary/aromatic N) is 3. The third-order valence-corrected chi connectivity index (χ3v) is 3.60. The summed E-state index contributed by atoms with van der Waals surface area (Å²) in [5, 5.41) is 1.86. The highest BCUT2D eigenvalue weighted by Crippen LogP contribution is 2.32. The molecule has 2 N–H and O–H groups in total. The van der Waals surface area contributed by atoms with Crippen LogP contribution >= 0.6 is 0 Å². The molecule has 0 saturated heterocycles. The first kappa shape index (κ1) is 12.0. The van der Waals surface area contributed by atoms with E-state index in [-0.39, 0.29) is 0 Å². The highest BCUT2D eigenvalue weighted by Gasteiger charge is 2.12. The molecule has 0 aliphatic heterocycles. The van der Waals surface area contributed by atoms with E-state index in [1.54, 1.807) is 0 Å². The molecule has 5 heteroatoms. The Bertz CT molecular complexity index is 988. The van der Waals surface area contributed by atoms with E-state index in [9.17, 15) is 0 Å². The fourth-order valence-electron chi connectivity index (χ4n) is 2.52. The number of benzene rings is 2. The van der Waals surface area contributed by atoms with E-state index in [0.717, 1.165) is 33.0 Å². The van der Waals surface area contributed by atoms with Crippen molar-refractivity contribution in [2.75, 3.05) is 24.7 Å². The van der Waals surface area contributed by atoms with Crippen molar-refractivity contribution in [3.05, 3.63) is 36.4 Å². The average Bonchev–Trinajstić information content (AvgIpc) is 2.89. The van der Waals surface area contributed by atoms with E-state index in [4.69, 9.17) is 10.2 Å². The number of hydrogen-bond donors (Lipinski definition) is 1. The van der Waals surface area contributed by atoms with Crippen molar-refractivity contribution in [3.63, 3.8) is 0 Å². The van der Waals surface area contributed by atoms with Gasteiger partial charge in [0, 0.05) is 30.9 Å². The van der Waals surface area contributed by atoms with E-state index in [1.165, 1.54) is 0 Å². The molecule has 0 aliphatic rings. The van der Waals surface area contributed by atoms with E-state index in [1.807, 2.05) is 55.4 Å². The molecule has 104 valence electrons. The number of nitrogens with two attached hydrogens (primary N) is 1. The fraction of sp³-hybridized carbons (Fsp3) is 0.125. The second kappa shape index (κ2) is 4.09. The number of aromatic nitrogens is 2. The zero-order chi connectivity index (χ0) is 14.6. The smallest absolute Gasteiger partial charge is 0.297 e. The van der Waals surface area contributed by atoms with E-state index in [2.05, 4.69) is 9.97 Å². The highest BCUT2D eigenvalue weighted by atomic mass is 16.4. The molecule has 0 bridgehead atoms. The number of rotatable bonds is 1. The molecule has 0 atom stereocenters. The third-order valence-electron chi connectivity index (χ3n) is 3.60. The summed E-state index contributed by atoms with van der Waals surface area (Å²) in [6.07, 6.45) is 0. The Morgan fingerprint density at radius 1 is 0.952 bits per heavy atom. The summed E-state index contributed by atoms with van der Waals surface area (Å²) >= 11 is 0. The molecule has 2 heterocycles. The Morgan fingerprint density at radius 3 is 2.57 bits per heavy atom. The van der Waals surface area contributed by atoms with Gasteiger partial charge in [-0.25, -0.2) is 4.98 Å². The van der Waals surface area contributed by atoms with Crippen molar-refractivity contribution in [2.24, 2.45) is 0 Å². The zero-order valence-corrected chi connectivity index (χ0v) is 11.8. The largest absolute Gasteiger partial charge is 0.423 e. The molecular formula is C16H14N4O. The van der Waals surface area contributed by atoms with Gasteiger partial charge in [-0.2, -0.15) is 4.98 Å². The lowest BCUT2D eigenvalue weighted by atomic mass is 10.1. The summed E-state index contributed by atoms with van der Waals surface area (Å²) in [7, 11) is 3.79. The Kier molecular flexibility index (Phi) is 2.33. The molecular weight excluding hydrogens is 264 g/mol. The first-order valence-corrected chi connectivity index (χ1v) is 6.69. The van der Waals surface area contributed by atoms with E-state index < -0.39 is 0 Å². The lowest BCUT2D eigenvalue weighted by molar-refractivity contribution is 0.597. The van der Waals surface area contributed by atoms with Crippen LogP contribution in [0.3, 0.4) is 0 Å². The fourth-order valence-corrected chi connectivity index (χ4v) is 2.52. The SMILES string of the molecule is CN(C)c1nc2cc3c(N)c4ccccc4nc3cc2o1. The number of para-hydroxylation sites is 1. The van der Waals surface area contributed by atoms with Crippen molar-refractivity contribution >= 4 is 44.6 Å². The van der Waals surface area contributed by atoms with Crippen LogP contribution in [0.25, 0.3) is 32.9 Å². The quantitative estimate of drug-likeness (QED) is 0.542. The average molecular weight is 278 g/mol. The predicted molar refractivity (Wildman–Crippen MR) is 85.6 cm³/mol. The maximum absolute atomic E-state index is 6.30. The number of anilines is 2. The zero-order valence-electron chi connectivity index (χ0n) is 11.8. The molecule has 0 radical (unpaired) electrons. The number of oxazole rings is 1. The third kappa shape index (κ3) is 1.71. The predicted octanol–water partition coefficient (Wildman–Crippen LogP) is 3.18. The summed E-state index contributed by atoms with van der Waals surface area (Å²) in [4.78, 5) is 11.0. The molecule has 0 saturated carbocycles. The van der Waals surface area contributed by atoms with Crippen LogP contribution in [0.15, 0.2) is 40.8 Å². The van der Waals surface area contributed by atoms with Gasteiger partial charge in [-0.05, 0) is 12.1 Å². The molecule has 5 nitrogen and oxygen atoms in total. The maximum atomic E-state index is 6.30. The summed E-state index contributed by atoms with van der Waals surface area (Å²) in [5.41, 5.74) is 10.2. The molecule has 4 rings (SSSR count). The summed E-state index contributed by atoms with van der Waals surface area (Å²) in [6.45, 7) is 0. The van der Waals surface area contributed by atoms with Crippen LogP contribution < -0.4 is 10.6 Å². The number of fused-ring (bicyclic) bond motifs is 3. The first-order chi connectivity index (χ1) is 10.1. The topological polar surface area (TPSA) is 68.2 Å². The number of pyridine rings is 1. The summed E-state index contributed by atoms with van der Waals surface area (Å²) in [5.74, 6) is 0. The van der Waals surface area contributed by atoms with Crippen molar-refractivity contribution in [1.29, 1.82) is 0 Å². The van der Waals surface area contributed by atoms with Gasteiger partial charge in [0.05, 0.1) is 16.7 Å². The monoisotopic (exact) mass is 278 g/mol.